The molecule has 5 nitrogen and oxygen atoms in total. The van der Waals surface area contributed by atoms with Gasteiger partial charge in [0.1, 0.15) is 6.54 Å². The Hall–Kier alpha value is -1.21. The van der Waals surface area contributed by atoms with Crippen LogP contribution in [0.4, 0.5) is 0 Å². The van der Waals surface area contributed by atoms with Crippen LogP contribution in [-0.4, -0.2) is 8.33 Å². The standard InChI is InChI=1S/C11H15N3O2S2/c1-6(2)10-11(16)14(18-13-10)5-7(3)8-4-9(15)12-17-8/h4,6-7H,5H2,1-3H3,(H,12,15)/p+1. The van der Waals surface area contributed by atoms with E-state index in [2.05, 4.69) is 8.75 Å². The second-order valence-corrected chi connectivity index (χ2v) is 6.35. The van der Waals surface area contributed by atoms with Gasteiger partial charge >= 0.3 is 5.56 Å². The molecule has 0 aliphatic heterocycles. The van der Waals surface area contributed by atoms with E-state index in [0.29, 0.717) is 6.54 Å². The lowest BCUT2D eigenvalue weighted by Crippen LogP contribution is -2.22. The predicted octanol–water partition coefficient (Wildman–Crippen LogP) is 1.40. The van der Waals surface area contributed by atoms with E-state index in [1.807, 2.05) is 20.8 Å². The Morgan fingerprint density at radius 1 is 1.39 bits per heavy atom. The minimum atomic E-state index is -0.0743. The predicted molar refractivity (Wildman–Crippen MR) is 72.6 cm³/mol. The second kappa shape index (κ2) is 5.19. The van der Waals surface area contributed by atoms with Crippen molar-refractivity contribution in [3.05, 3.63) is 37.3 Å². The molecule has 2 aromatic rings. The lowest BCUT2D eigenvalue weighted by Gasteiger charge is -2.02. The Balaban J connectivity index is 2.20. The molecule has 0 radical (unpaired) electrons. The monoisotopic (exact) mass is 286 g/mol. The zero-order valence-corrected chi connectivity index (χ0v) is 12.2. The summed E-state index contributed by atoms with van der Waals surface area (Å²) in [5, 5.41) is 0. The fourth-order valence-electron chi connectivity index (χ4n) is 1.69. The first-order valence-electron chi connectivity index (χ1n) is 5.79. The van der Waals surface area contributed by atoms with Gasteiger partial charge in [-0.2, -0.15) is 4.37 Å². The maximum Gasteiger partial charge on any atom is 0.388 e. The highest BCUT2D eigenvalue weighted by Crippen LogP contribution is 2.18. The van der Waals surface area contributed by atoms with Gasteiger partial charge in [-0.25, -0.2) is 4.79 Å². The van der Waals surface area contributed by atoms with Crippen molar-refractivity contribution in [1.29, 1.82) is 0 Å². The summed E-state index contributed by atoms with van der Waals surface area (Å²) >= 11 is 2.67. The molecule has 2 heterocycles. The molecule has 0 aromatic carbocycles. The molecule has 0 amide bonds. The molecule has 0 spiro atoms. The molecule has 1 atom stereocenters. The molecule has 0 bridgehead atoms. The Kier molecular flexibility index (Phi) is 3.82. The highest BCUT2D eigenvalue weighted by Gasteiger charge is 2.21. The van der Waals surface area contributed by atoms with Crippen molar-refractivity contribution in [3.8, 4) is 0 Å². The van der Waals surface area contributed by atoms with E-state index in [9.17, 15) is 9.59 Å². The number of hydrogen-bond donors (Lipinski definition) is 1. The van der Waals surface area contributed by atoms with Crippen molar-refractivity contribution in [1.82, 2.24) is 8.33 Å². The van der Waals surface area contributed by atoms with Gasteiger partial charge in [0.25, 0.3) is 5.56 Å². The zero-order chi connectivity index (χ0) is 13.3. The van der Waals surface area contributed by atoms with Gasteiger partial charge in [-0.3, -0.25) is 9.17 Å². The van der Waals surface area contributed by atoms with E-state index in [4.69, 9.17) is 0 Å². The first-order valence-corrected chi connectivity index (χ1v) is 7.38. The summed E-state index contributed by atoms with van der Waals surface area (Å²) in [5.74, 6) is 0.354. The first-order chi connectivity index (χ1) is 8.49. The normalized spacial score (nSPS) is 13.1. The number of aromatic amines is 2. The van der Waals surface area contributed by atoms with Crippen molar-refractivity contribution in [2.24, 2.45) is 0 Å². The first kappa shape index (κ1) is 13.2. The fraction of sp³-hybridized carbons (Fsp3) is 0.545. The molecule has 0 saturated heterocycles. The molecule has 0 aliphatic rings. The van der Waals surface area contributed by atoms with Gasteiger partial charge in [-0.15, -0.1) is 3.96 Å². The SMILES string of the molecule is CC(C)c1[nH+]sn(CC(C)c2cc(=O)[nH]s2)c1=O. The largest absolute Gasteiger partial charge is 0.388 e. The smallest absolute Gasteiger partial charge is 0.278 e. The minimum absolute atomic E-state index is 0.0460. The molecule has 0 saturated carbocycles. The van der Waals surface area contributed by atoms with Crippen LogP contribution in [0.25, 0.3) is 0 Å². The van der Waals surface area contributed by atoms with E-state index >= 15 is 0 Å². The molecule has 2 rings (SSSR count). The Labute approximate surface area is 113 Å². The van der Waals surface area contributed by atoms with Gasteiger partial charge in [0.2, 0.25) is 17.4 Å². The average Bonchev–Trinajstić information content (AvgIpc) is 2.86. The number of nitrogens with zero attached hydrogens (tertiary/aromatic N) is 1. The van der Waals surface area contributed by atoms with Crippen molar-refractivity contribution in [2.75, 3.05) is 0 Å². The summed E-state index contributed by atoms with van der Waals surface area (Å²) in [6.07, 6.45) is 0. The van der Waals surface area contributed by atoms with Gasteiger partial charge in [0.05, 0.1) is 0 Å². The van der Waals surface area contributed by atoms with Crippen molar-refractivity contribution in [3.63, 3.8) is 0 Å². The number of rotatable bonds is 4. The van der Waals surface area contributed by atoms with E-state index in [1.165, 1.54) is 23.3 Å². The molecular weight excluding hydrogens is 270 g/mol. The van der Waals surface area contributed by atoms with Gasteiger partial charge < -0.3 is 0 Å². The van der Waals surface area contributed by atoms with Crippen LogP contribution in [0, 0.1) is 0 Å². The quantitative estimate of drug-likeness (QED) is 0.923. The average molecular weight is 286 g/mol. The highest BCUT2D eigenvalue weighted by molar-refractivity contribution is 7.05. The van der Waals surface area contributed by atoms with Gasteiger partial charge in [0.15, 0.2) is 0 Å². The number of aromatic nitrogens is 3. The van der Waals surface area contributed by atoms with Gasteiger partial charge in [0, 0.05) is 22.8 Å². The van der Waals surface area contributed by atoms with E-state index in [1.54, 1.807) is 10.0 Å². The summed E-state index contributed by atoms with van der Waals surface area (Å²) in [4.78, 5) is 24.1. The van der Waals surface area contributed by atoms with Crippen molar-refractivity contribution >= 4 is 23.3 Å². The van der Waals surface area contributed by atoms with E-state index < -0.39 is 0 Å². The number of hydrogen-bond acceptors (Lipinski definition) is 4. The Morgan fingerprint density at radius 2 is 2.11 bits per heavy atom. The second-order valence-electron chi connectivity index (χ2n) is 4.64. The maximum atomic E-state index is 12.1. The maximum absolute atomic E-state index is 12.1. The van der Waals surface area contributed by atoms with Crippen LogP contribution in [0.3, 0.4) is 0 Å². The highest BCUT2D eigenvalue weighted by atomic mass is 32.1. The summed E-state index contributed by atoms with van der Waals surface area (Å²) in [6, 6.07) is 1.60. The molecule has 7 heteroatoms. The van der Waals surface area contributed by atoms with Gasteiger partial charge in [-0.05, 0) is 0 Å². The molecule has 98 valence electrons. The zero-order valence-electron chi connectivity index (χ0n) is 10.5. The summed E-state index contributed by atoms with van der Waals surface area (Å²) in [6.45, 7) is 6.60. The van der Waals surface area contributed by atoms with Crippen LogP contribution in [0.5, 0.6) is 0 Å². The number of H-pyrrole nitrogens is 2. The molecule has 1 unspecified atom stereocenters. The van der Waals surface area contributed by atoms with Gasteiger partial charge in [-0.1, -0.05) is 32.3 Å². The summed E-state index contributed by atoms with van der Waals surface area (Å²) < 4.78 is 7.44. The summed E-state index contributed by atoms with van der Waals surface area (Å²) in [5.41, 5.74) is 0.717. The Bertz CT molecular complexity index is 635. The third-order valence-corrected chi connectivity index (χ3v) is 4.67. The molecule has 2 N–H and O–H groups in total. The van der Waals surface area contributed by atoms with Crippen LogP contribution in [0.1, 0.15) is 43.2 Å². The van der Waals surface area contributed by atoms with Crippen LogP contribution in [0.2, 0.25) is 0 Å². The molecule has 0 fully saturated rings. The minimum Gasteiger partial charge on any atom is -0.278 e. The molecule has 0 aliphatic carbocycles. The third-order valence-electron chi connectivity index (χ3n) is 2.77. The van der Waals surface area contributed by atoms with Crippen LogP contribution >= 0.6 is 23.3 Å². The van der Waals surface area contributed by atoms with Crippen molar-refractivity contribution in [2.45, 2.75) is 39.2 Å². The lowest BCUT2D eigenvalue weighted by atomic mass is 10.1. The number of nitrogens with one attached hydrogen (secondary N) is 2. The third kappa shape index (κ3) is 2.62. The van der Waals surface area contributed by atoms with Crippen LogP contribution < -0.4 is 15.5 Å². The molecule has 18 heavy (non-hydrogen) atoms. The van der Waals surface area contributed by atoms with Crippen LogP contribution in [0.15, 0.2) is 15.7 Å². The molecule has 2 aromatic heterocycles. The molecular formula is C11H16N3O2S2+. The Morgan fingerprint density at radius 3 is 2.61 bits per heavy atom. The fourth-order valence-corrected chi connectivity index (χ4v) is 3.42. The van der Waals surface area contributed by atoms with E-state index in [0.717, 1.165) is 10.6 Å². The lowest BCUT2D eigenvalue weighted by molar-refractivity contribution is -0.307. The van der Waals surface area contributed by atoms with Crippen molar-refractivity contribution < 1.29 is 4.37 Å². The summed E-state index contributed by atoms with van der Waals surface area (Å²) in [7, 11) is 0. The van der Waals surface area contributed by atoms with Crippen LogP contribution in [-0.2, 0) is 6.54 Å². The van der Waals surface area contributed by atoms with E-state index in [-0.39, 0.29) is 23.0 Å². The topological polar surface area (TPSA) is 69.0 Å².